The highest BCUT2D eigenvalue weighted by atomic mass is 127. The number of benzene rings is 1. The molecule has 1 aromatic carbocycles. The summed E-state index contributed by atoms with van der Waals surface area (Å²) in [4.78, 5) is 20.7. The molecule has 0 saturated carbocycles. The van der Waals surface area contributed by atoms with E-state index in [1.54, 1.807) is 11.3 Å². The van der Waals surface area contributed by atoms with Gasteiger partial charge in [-0.1, -0.05) is 23.5 Å². The molecule has 4 N–H and O–H groups in total. The molecule has 0 fully saturated rings. The number of halogens is 1. The van der Waals surface area contributed by atoms with Crippen LogP contribution in [-0.2, 0) is 4.79 Å². The van der Waals surface area contributed by atoms with Crippen molar-refractivity contribution >= 4 is 62.5 Å². The van der Waals surface area contributed by atoms with Crippen molar-refractivity contribution in [3.8, 4) is 0 Å². The van der Waals surface area contributed by atoms with Crippen molar-refractivity contribution in [3.05, 3.63) is 24.3 Å². The Morgan fingerprint density at radius 1 is 1.19 bits per heavy atom. The number of carbonyl (C=O) groups is 1. The van der Waals surface area contributed by atoms with Crippen LogP contribution in [0.4, 0.5) is 5.13 Å². The predicted molar refractivity (Wildman–Crippen MR) is 125 cm³/mol. The van der Waals surface area contributed by atoms with Crippen molar-refractivity contribution in [3.63, 3.8) is 0 Å². The zero-order valence-electron chi connectivity index (χ0n) is 16.3. The van der Waals surface area contributed by atoms with Gasteiger partial charge in [0.25, 0.3) is 0 Å². The van der Waals surface area contributed by atoms with Gasteiger partial charge in [0, 0.05) is 25.2 Å². The number of aromatic nitrogens is 1. The average molecular weight is 504 g/mol. The van der Waals surface area contributed by atoms with Gasteiger partial charge in [-0.05, 0) is 39.8 Å². The molecule has 7 nitrogen and oxygen atoms in total. The number of hydrogen-bond acceptors (Lipinski definition) is 5. The van der Waals surface area contributed by atoms with Gasteiger partial charge >= 0.3 is 0 Å². The molecule has 0 aliphatic heterocycles. The zero-order valence-corrected chi connectivity index (χ0v) is 19.4. The highest BCUT2D eigenvalue weighted by Crippen LogP contribution is 2.24. The lowest BCUT2D eigenvalue weighted by atomic mass is 10.1. The van der Waals surface area contributed by atoms with E-state index in [0.717, 1.165) is 17.2 Å². The fourth-order valence-electron chi connectivity index (χ4n) is 2.25. The Balaban J connectivity index is 0.00000364. The smallest absolute Gasteiger partial charge is 0.242 e. The second kappa shape index (κ2) is 11.3. The van der Waals surface area contributed by atoms with E-state index in [9.17, 15) is 4.79 Å². The van der Waals surface area contributed by atoms with Gasteiger partial charge < -0.3 is 21.3 Å². The second-order valence-electron chi connectivity index (χ2n) is 6.83. The molecule has 0 radical (unpaired) electrons. The molecule has 0 aliphatic rings. The summed E-state index contributed by atoms with van der Waals surface area (Å²) < 4.78 is 1.17. The van der Waals surface area contributed by atoms with E-state index in [1.807, 2.05) is 45.9 Å². The van der Waals surface area contributed by atoms with Gasteiger partial charge in [0.1, 0.15) is 6.54 Å². The number of nitrogens with zero attached hydrogens (tertiary/aromatic N) is 2. The van der Waals surface area contributed by atoms with Gasteiger partial charge in [-0.2, -0.15) is 0 Å². The molecule has 0 saturated heterocycles. The summed E-state index contributed by atoms with van der Waals surface area (Å²) >= 11 is 1.64. The molecule has 0 bridgehead atoms. The first kappa shape index (κ1) is 23.4. The first-order chi connectivity index (χ1) is 12.4. The Morgan fingerprint density at radius 3 is 2.59 bits per heavy atom. The monoisotopic (exact) mass is 504 g/mol. The minimum Gasteiger partial charge on any atom is -0.360 e. The van der Waals surface area contributed by atoms with Crippen molar-refractivity contribution in [2.24, 2.45) is 4.99 Å². The standard InChI is InChI=1S/C18H28N6OS.HI/c1-5-19-16(22-12-15(25)24-18(2,3)4)20-10-11-21-17-23-13-8-6-7-9-14(13)26-17;/h6-9H,5,10-12H2,1-4H3,(H,21,23)(H,24,25)(H2,19,20,22);1H. The quantitative estimate of drug-likeness (QED) is 0.202. The Hall–Kier alpha value is -1.62. The molecule has 2 rings (SSSR count). The van der Waals surface area contributed by atoms with E-state index in [1.165, 1.54) is 4.70 Å². The first-order valence-corrected chi connectivity index (χ1v) is 9.61. The van der Waals surface area contributed by atoms with Crippen LogP contribution >= 0.6 is 35.3 Å². The molecular formula is C18H29IN6OS. The van der Waals surface area contributed by atoms with Gasteiger partial charge in [0.2, 0.25) is 5.91 Å². The molecular weight excluding hydrogens is 475 g/mol. The molecule has 150 valence electrons. The van der Waals surface area contributed by atoms with Gasteiger partial charge in [-0.3, -0.25) is 4.79 Å². The van der Waals surface area contributed by atoms with Crippen molar-refractivity contribution in [1.82, 2.24) is 20.9 Å². The molecule has 1 heterocycles. The third kappa shape index (κ3) is 8.74. The number of hydrogen-bond donors (Lipinski definition) is 4. The molecule has 2 aromatic rings. The number of fused-ring (bicyclic) bond motifs is 1. The topological polar surface area (TPSA) is 90.4 Å². The van der Waals surface area contributed by atoms with Gasteiger partial charge in [0.15, 0.2) is 11.1 Å². The van der Waals surface area contributed by atoms with E-state index in [2.05, 4.69) is 37.3 Å². The molecule has 0 unspecified atom stereocenters. The fourth-order valence-corrected chi connectivity index (χ4v) is 3.14. The van der Waals surface area contributed by atoms with Crippen LogP contribution in [0.15, 0.2) is 29.3 Å². The van der Waals surface area contributed by atoms with E-state index in [-0.39, 0.29) is 42.0 Å². The Labute approximate surface area is 181 Å². The number of nitrogens with one attached hydrogen (secondary N) is 4. The summed E-state index contributed by atoms with van der Waals surface area (Å²) in [5, 5.41) is 13.5. The van der Waals surface area contributed by atoms with Crippen LogP contribution in [-0.4, -0.2) is 48.6 Å². The summed E-state index contributed by atoms with van der Waals surface area (Å²) in [6, 6.07) is 8.08. The molecule has 0 atom stereocenters. The number of para-hydroxylation sites is 1. The number of anilines is 1. The number of carbonyl (C=O) groups excluding carboxylic acids is 1. The highest BCUT2D eigenvalue weighted by molar-refractivity contribution is 14.0. The predicted octanol–water partition coefficient (Wildman–Crippen LogP) is 2.80. The van der Waals surface area contributed by atoms with Crippen molar-refractivity contribution in [1.29, 1.82) is 0 Å². The van der Waals surface area contributed by atoms with Crippen LogP contribution in [0.3, 0.4) is 0 Å². The maximum absolute atomic E-state index is 11.9. The van der Waals surface area contributed by atoms with Crippen LogP contribution < -0.4 is 21.3 Å². The van der Waals surface area contributed by atoms with Crippen molar-refractivity contribution in [2.45, 2.75) is 33.2 Å². The largest absolute Gasteiger partial charge is 0.360 e. The normalized spacial score (nSPS) is 11.6. The molecule has 1 amide bonds. The van der Waals surface area contributed by atoms with E-state index in [0.29, 0.717) is 19.0 Å². The zero-order chi connectivity index (χ0) is 19.0. The van der Waals surface area contributed by atoms with Crippen LogP contribution in [0.2, 0.25) is 0 Å². The van der Waals surface area contributed by atoms with Gasteiger partial charge in [-0.15, -0.1) is 24.0 Å². The first-order valence-electron chi connectivity index (χ1n) is 8.80. The number of thiazole rings is 1. The maximum atomic E-state index is 11.9. The molecule has 0 aliphatic carbocycles. The maximum Gasteiger partial charge on any atom is 0.242 e. The highest BCUT2D eigenvalue weighted by Gasteiger charge is 2.13. The van der Waals surface area contributed by atoms with Crippen molar-refractivity contribution < 1.29 is 4.79 Å². The summed E-state index contributed by atoms with van der Waals surface area (Å²) in [6.07, 6.45) is 0. The summed E-state index contributed by atoms with van der Waals surface area (Å²) in [6.45, 7) is 10.0. The van der Waals surface area contributed by atoms with Crippen LogP contribution in [0.1, 0.15) is 27.7 Å². The molecule has 27 heavy (non-hydrogen) atoms. The lowest BCUT2D eigenvalue weighted by Crippen LogP contribution is -2.43. The van der Waals surface area contributed by atoms with Crippen LogP contribution in [0.5, 0.6) is 0 Å². The average Bonchev–Trinajstić information content (AvgIpc) is 2.97. The van der Waals surface area contributed by atoms with Crippen molar-refractivity contribution in [2.75, 3.05) is 31.5 Å². The number of rotatable bonds is 7. The Morgan fingerprint density at radius 2 is 1.93 bits per heavy atom. The Kier molecular flexibility index (Phi) is 9.78. The number of aliphatic imine (C=N–C) groups is 1. The van der Waals surface area contributed by atoms with E-state index < -0.39 is 0 Å². The van der Waals surface area contributed by atoms with Crippen LogP contribution in [0.25, 0.3) is 10.2 Å². The second-order valence-corrected chi connectivity index (χ2v) is 7.86. The lowest BCUT2D eigenvalue weighted by Gasteiger charge is -2.20. The number of guanidine groups is 1. The van der Waals surface area contributed by atoms with E-state index in [4.69, 9.17) is 0 Å². The molecule has 0 spiro atoms. The summed E-state index contributed by atoms with van der Waals surface area (Å²) in [5.41, 5.74) is 0.757. The third-order valence-electron chi connectivity index (χ3n) is 3.23. The van der Waals surface area contributed by atoms with Crippen LogP contribution in [0, 0.1) is 0 Å². The minimum absolute atomic E-state index is 0. The minimum atomic E-state index is -0.250. The van der Waals surface area contributed by atoms with E-state index >= 15 is 0 Å². The Bertz CT molecular complexity index is 723. The number of amides is 1. The summed E-state index contributed by atoms with van der Waals surface area (Å²) in [7, 11) is 0. The lowest BCUT2D eigenvalue weighted by molar-refractivity contribution is -0.121. The summed E-state index contributed by atoms with van der Waals surface area (Å²) in [5.74, 6) is 0.532. The van der Waals surface area contributed by atoms with Gasteiger partial charge in [0.05, 0.1) is 10.2 Å². The van der Waals surface area contributed by atoms with Gasteiger partial charge in [-0.25, -0.2) is 9.98 Å². The third-order valence-corrected chi connectivity index (χ3v) is 4.22. The SMILES string of the molecule is CCNC(=NCC(=O)NC(C)(C)C)NCCNc1nc2ccccc2s1.I. The fraction of sp³-hybridized carbons (Fsp3) is 0.500. The molecule has 1 aromatic heterocycles. The molecule has 9 heteroatoms.